The zero-order chi connectivity index (χ0) is 11.5. The molecule has 0 saturated carbocycles. The number of terminal acetylenes is 1. The van der Waals surface area contributed by atoms with Crippen molar-refractivity contribution in [1.29, 1.82) is 0 Å². The molecule has 2 heteroatoms. The normalized spacial score (nSPS) is 10.0. The number of halogens is 1. The Hall–Kier alpha value is -2.14. The number of hydrogen-bond acceptors (Lipinski definition) is 1. The molecule has 16 heavy (non-hydrogen) atoms. The molecule has 78 valence electrons. The lowest BCUT2D eigenvalue weighted by molar-refractivity contribution is 0.1000. The Labute approximate surface area is 92.9 Å². The molecule has 2 aromatic rings. The lowest BCUT2D eigenvalue weighted by Gasteiger charge is -2.04. The van der Waals surface area contributed by atoms with E-state index in [2.05, 4.69) is 5.92 Å². The Morgan fingerprint density at radius 2 is 1.88 bits per heavy atom. The third-order valence-corrected chi connectivity index (χ3v) is 2.43. The van der Waals surface area contributed by atoms with E-state index >= 15 is 0 Å². The lowest BCUT2D eigenvalue weighted by atomic mass is 10.00. The van der Waals surface area contributed by atoms with Gasteiger partial charge in [-0.3, -0.25) is 4.79 Å². The van der Waals surface area contributed by atoms with E-state index in [1.54, 1.807) is 24.3 Å². The lowest BCUT2D eigenvalue weighted by Crippen LogP contribution is -1.99. The highest BCUT2D eigenvalue weighted by Gasteiger charge is 2.10. The number of hydrogen-bond donors (Lipinski definition) is 0. The van der Waals surface area contributed by atoms with Crippen molar-refractivity contribution in [3.05, 3.63) is 47.8 Å². The predicted molar refractivity (Wildman–Crippen MR) is 61.7 cm³/mol. The summed E-state index contributed by atoms with van der Waals surface area (Å²) < 4.78 is 13.5. The second-order valence-corrected chi connectivity index (χ2v) is 3.44. The fourth-order valence-electron chi connectivity index (χ4n) is 1.69. The van der Waals surface area contributed by atoms with E-state index in [0.717, 1.165) is 0 Å². The molecule has 0 bridgehead atoms. The van der Waals surface area contributed by atoms with Crippen LogP contribution in [0.15, 0.2) is 36.4 Å². The molecule has 0 aliphatic rings. The molecule has 1 nitrogen and oxygen atoms in total. The van der Waals surface area contributed by atoms with Crippen LogP contribution in [0.25, 0.3) is 10.8 Å². The van der Waals surface area contributed by atoms with Gasteiger partial charge in [0, 0.05) is 10.9 Å². The molecular weight excluding hydrogens is 203 g/mol. The van der Waals surface area contributed by atoms with Crippen LogP contribution in [0.3, 0.4) is 0 Å². The minimum atomic E-state index is -0.326. The molecule has 0 aliphatic carbocycles. The van der Waals surface area contributed by atoms with Gasteiger partial charge in [0.1, 0.15) is 5.82 Å². The third kappa shape index (κ3) is 1.68. The van der Waals surface area contributed by atoms with Crippen LogP contribution in [0.2, 0.25) is 0 Å². The summed E-state index contributed by atoms with van der Waals surface area (Å²) >= 11 is 0. The van der Waals surface area contributed by atoms with Gasteiger partial charge >= 0.3 is 0 Å². The maximum absolute atomic E-state index is 13.5. The first-order valence-corrected chi connectivity index (χ1v) is 4.88. The summed E-state index contributed by atoms with van der Waals surface area (Å²) in [6.07, 6.45) is 5.13. The van der Waals surface area contributed by atoms with Crippen molar-refractivity contribution in [2.45, 2.75) is 6.42 Å². The molecule has 0 radical (unpaired) electrons. The maximum Gasteiger partial charge on any atom is 0.175 e. The molecule has 0 N–H and O–H groups in total. The van der Waals surface area contributed by atoms with Gasteiger partial charge in [0.25, 0.3) is 0 Å². The number of benzene rings is 2. The molecule has 0 spiro atoms. The number of Topliss-reactive ketones (excluding diaryl/α,β-unsaturated/α-hetero) is 1. The van der Waals surface area contributed by atoms with Crippen molar-refractivity contribution in [2.24, 2.45) is 0 Å². The Kier molecular flexibility index (Phi) is 2.70. The van der Waals surface area contributed by atoms with E-state index in [9.17, 15) is 9.18 Å². The van der Waals surface area contributed by atoms with Crippen LogP contribution in [-0.2, 0) is 0 Å². The van der Waals surface area contributed by atoms with Gasteiger partial charge < -0.3 is 0 Å². The summed E-state index contributed by atoms with van der Waals surface area (Å²) in [4.78, 5) is 11.7. The quantitative estimate of drug-likeness (QED) is 0.552. The van der Waals surface area contributed by atoms with Crippen molar-refractivity contribution >= 4 is 16.6 Å². The van der Waals surface area contributed by atoms with Crippen LogP contribution in [0.4, 0.5) is 4.39 Å². The minimum Gasteiger partial charge on any atom is -0.293 e. The van der Waals surface area contributed by atoms with Crippen LogP contribution in [0, 0.1) is 18.2 Å². The summed E-state index contributed by atoms with van der Waals surface area (Å²) in [5, 5.41) is 1.06. The zero-order valence-electron chi connectivity index (χ0n) is 8.53. The highest BCUT2D eigenvalue weighted by atomic mass is 19.1. The Morgan fingerprint density at radius 3 is 2.56 bits per heavy atom. The summed E-state index contributed by atoms with van der Waals surface area (Å²) in [6.45, 7) is 0. The van der Waals surface area contributed by atoms with E-state index in [1.165, 1.54) is 12.1 Å². The molecule has 0 aromatic heterocycles. The zero-order valence-corrected chi connectivity index (χ0v) is 8.53. The molecule has 2 aromatic carbocycles. The molecule has 0 aliphatic heterocycles. The number of ketones is 1. The minimum absolute atomic E-state index is 0.0373. The van der Waals surface area contributed by atoms with Crippen LogP contribution < -0.4 is 0 Å². The smallest absolute Gasteiger partial charge is 0.175 e. The molecule has 0 saturated heterocycles. The van der Waals surface area contributed by atoms with Crippen molar-refractivity contribution < 1.29 is 9.18 Å². The number of carbonyl (C=O) groups is 1. The first kappa shape index (κ1) is 10.4. The largest absolute Gasteiger partial charge is 0.293 e. The van der Waals surface area contributed by atoms with E-state index < -0.39 is 0 Å². The van der Waals surface area contributed by atoms with Crippen molar-refractivity contribution in [3.63, 3.8) is 0 Å². The SMILES string of the molecule is C#CCC(=O)c1ccc(F)c2ccccc12. The monoisotopic (exact) mass is 212 g/mol. The van der Waals surface area contributed by atoms with E-state index in [1.807, 2.05) is 0 Å². The second-order valence-electron chi connectivity index (χ2n) is 3.44. The Morgan fingerprint density at radius 1 is 1.19 bits per heavy atom. The molecule has 2 rings (SSSR count). The van der Waals surface area contributed by atoms with Gasteiger partial charge in [0.05, 0.1) is 6.42 Å². The highest BCUT2D eigenvalue weighted by molar-refractivity contribution is 6.08. The topological polar surface area (TPSA) is 17.1 Å². The Bertz CT molecular complexity index is 593. The van der Waals surface area contributed by atoms with E-state index in [0.29, 0.717) is 16.3 Å². The van der Waals surface area contributed by atoms with Gasteiger partial charge in [0.15, 0.2) is 5.78 Å². The second kappa shape index (κ2) is 4.16. The summed E-state index contributed by atoms with van der Waals surface area (Å²) in [7, 11) is 0. The van der Waals surface area contributed by atoms with Crippen molar-refractivity contribution in [2.75, 3.05) is 0 Å². The van der Waals surface area contributed by atoms with Crippen LogP contribution in [0.5, 0.6) is 0 Å². The summed E-state index contributed by atoms with van der Waals surface area (Å²) in [5.74, 6) is 1.82. The van der Waals surface area contributed by atoms with Crippen LogP contribution in [-0.4, -0.2) is 5.78 Å². The van der Waals surface area contributed by atoms with E-state index in [-0.39, 0.29) is 18.0 Å². The highest BCUT2D eigenvalue weighted by Crippen LogP contribution is 2.22. The molecule has 0 unspecified atom stereocenters. The van der Waals surface area contributed by atoms with E-state index in [4.69, 9.17) is 6.42 Å². The fourth-order valence-corrected chi connectivity index (χ4v) is 1.69. The fraction of sp³-hybridized carbons (Fsp3) is 0.0714. The summed E-state index contributed by atoms with van der Waals surface area (Å²) in [6, 6.07) is 9.66. The van der Waals surface area contributed by atoms with Gasteiger partial charge in [-0.1, -0.05) is 30.2 Å². The predicted octanol–water partition coefficient (Wildman–Crippen LogP) is 3.18. The molecule has 0 heterocycles. The van der Waals surface area contributed by atoms with Gasteiger partial charge in [-0.2, -0.15) is 0 Å². The van der Waals surface area contributed by atoms with Crippen LogP contribution in [0.1, 0.15) is 16.8 Å². The molecule has 0 fully saturated rings. The van der Waals surface area contributed by atoms with Crippen LogP contribution >= 0.6 is 0 Å². The Balaban J connectivity index is 2.68. The van der Waals surface area contributed by atoms with Gasteiger partial charge in [-0.15, -0.1) is 6.42 Å². The molecular formula is C14H9FO. The van der Waals surface area contributed by atoms with Crippen molar-refractivity contribution in [1.82, 2.24) is 0 Å². The number of rotatable bonds is 2. The number of fused-ring (bicyclic) bond motifs is 1. The molecule has 0 atom stereocenters. The maximum atomic E-state index is 13.5. The first-order valence-electron chi connectivity index (χ1n) is 4.88. The third-order valence-electron chi connectivity index (χ3n) is 2.43. The first-order chi connectivity index (χ1) is 7.74. The number of carbonyl (C=O) groups excluding carboxylic acids is 1. The standard InChI is InChI=1S/C14H9FO/c1-2-5-14(16)12-8-9-13(15)11-7-4-3-6-10(11)12/h1,3-4,6-9H,5H2. The average molecular weight is 212 g/mol. The van der Waals surface area contributed by atoms with Gasteiger partial charge in [-0.05, 0) is 17.5 Å². The van der Waals surface area contributed by atoms with Gasteiger partial charge in [-0.25, -0.2) is 4.39 Å². The van der Waals surface area contributed by atoms with Gasteiger partial charge in [0.2, 0.25) is 0 Å². The molecule has 0 amide bonds. The van der Waals surface area contributed by atoms with Crippen molar-refractivity contribution in [3.8, 4) is 12.3 Å². The average Bonchev–Trinajstić information content (AvgIpc) is 2.30. The summed E-state index contributed by atoms with van der Waals surface area (Å²) in [5.41, 5.74) is 0.481.